The summed E-state index contributed by atoms with van der Waals surface area (Å²) in [4.78, 5) is 20.1. The standard InChI is InChI=1S/C26H31F3N5O4P/c1-6-37-39(36,38-7-2)25(3,4)17-12-14-18(15-13-17)32-24-31-16-20(26(27,28)29)22(34-24)33-21-11-9-8-10-19(21)23(35)30-5/h8-16H,6-7H2,1-5H3,(H,30,35)(H2,31,32,33,34). The van der Waals surface area contributed by atoms with Crippen molar-refractivity contribution in [2.75, 3.05) is 30.9 Å². The van der Waals surface area contributed by atoms with Crippen LogP contribution >= 0.6 is 7.60 Å². The Morgan fingerprint density at radius 3 is 2.15 bits per heavy atom. The monoisotopic (exact) mass is 565 g/mol. The molecule has 0 radical (unpaired) electrons. The van der Waals surface area contributed by atoms with Crippen molar-refractivity contribution in [1.82, 2.24) is 15.3 Å². The lowest BCUT2D eigenvalue weighted by Crippen LogP contribution is -2.21. The average molecular weight is 566 g/mol. The lowest BCUT2D eigenvalue weighted by Gasteiger charge is -2.33. The van der Waals surface area contributed by atoms with Crippen molar-refractivity contribution in [1.29, 1.82) is 0 Å². The summed E-state index contributed by atoms with van der Waals surface area (Å²) >= 11 is 0. The SMILES string of the molecule is CCOP(=O)(OCC)C(C)(C)c1ccc(Nc2ncc(C(F)(F)F)c(Nc3ccccc3C(=O)NC)n2)cc1. The van der Waals surface area contributed by atoms with E-state index in [9.17, 15) is 22.5 Å². The Hall–Kier alpha value is -3.47. The zero-order valence-corrected chi connectivity index (χ0v) is 23.1. The number of aromatic nitrogens is 2. The van der Waals surface area contributed by atoms with E-state index in [0.717, 1.165) is 0 Å². The average Bonchev–Trinajstić information content (AvgIpc) is 2.88. The third-order valence-corrected chi connectivity index (χ3v) is 8.70. The Morgan fingerprint density at radius 2 is 1.59 bits per heavy atom. The molecule has 0 bridgehead atoms. The van der Waals surface area contributed by atoms with E-state index in [1.807, 2.05) is 0 Å². The number of rotatable bonds is 11. The van der Waals surface area contributed by atoms with E-state index in [1.165, 1.54) is 19.2 Å². The van der Waals surface area contributed by atoms with Crippen LogP contribution in [0.2, 0.25) is 0 Å². The number of nitrogens with one attached hydrogen (secondary N) is 3. The number of hydrogen-bond donors (Lipinski definition) is 3. The molecule has 0 saturated heterocycles. The molecule has 0 aliphatic carbocycles. The minimum absolute atomic E-state index is 0.107. The van der Waals surface area contributed by atoms with Crippen LogP contribution in [0.4, 0.5) is 36.3 Å². The summed E-state index contributed by atoms with van der Waals surface area (Å²) in [6, 6.07) is 12.9. The summed E-state index contributed by atoms with van der Waals surface area (Å²) in [6.07, 6.45) is -4.08. The molecule has 0 aliphatic rings. The van der Waals surface area contributed by atoms with E-state index >= 15 is 0 Å². The summed E-state index contributed by atoms with van der Waals surface area (Å²) in [5.41, 5.74) is 0.357. The summed E-state index contributed by atoms with van der Waals surface area (Å²) < 4.78 is 65.6. The van der Waals surface area contributed by atoms with Gasteiger partial charge >= 0.3 is 13.8 Å². The van der Waals surface area contributed by atoms with E-state index in [1.54, 1.807) is 64.1 Å². The molecular weight excluding hydrogens is 534 g/mol. The highest BCUT2D eigenvalue weighted by Crippen LogP contribution is 2.64. The van der Waals surface area contributed by atoms with Crippen LogP contribution in [-0.2, 0) is 24.9 Å². The molecule has 0 spiro atoms. The van der Waals surface area contributed by atoms with Gasteiger partial charge in [0.05, 0.1) is 29.6 Å². The van der Waals surface area contributed by atoms with Gasteiger partial charge in [-0.1, -0.05) is 24.3 Å². The molecule has 0 aliphatic heterocycles. The van der Waals surface area contributed by atoms with Gasteiger partial charge in [-0.25, -0.2) is 4.98 Å². The zero-order valence-electron chi connectivity index (χ0n) is 22.2. The molecule has 0 saturated carbocycles. The van der Waals surface area contributed by atoms with Gasteiger partial charge in [0, 0.05) is 18.9 Å². The maximum atomic E-state index is 13.7. The first-order valence-electron chi connectivity index (χ1n) is 12.2. The minimum Gasteiger partial charge on any atom is -0.355 e. The van der Waals surface area contributed by atoms with Gasteiger partial charge in [0.15, 0.2) is 0 Å². The van der Waals surface area contributed by atoms with Crippen molar-refractivity contribution in [3.05, 3.63) is 71.4 Å². The van der Waals surface area contributed by atoms with E-state index in [2.05, 4.69) is 25.9 Å². The first-order valence-corrected chi connectivity index (χ1v) is 13.7. The van der Waals surface area contributed by atoms with Crippen molar-refractivity contribution in [2.45, 2.75) is 39.0 Å². The molecule has 3 rings (SSSR count). The second-order valence-electron chi connectivity index (χ2n) is 8.80. The van der Waals surface area contributed by atoms with Gasteiger partial charge in [-0.05, 0) is 57.5 Å². The van der Waals surface area contributed by atoms with Crippen LogP contribution in [0.1, 0.15) is 49.2 Å². The van der Waals surface area contributed by atoms with E-state index in [0.29, 0.717) is 17.4 Å². The number of anilines is 4. The molecule has 2 aromatic carbocycles. The van der Waals surface area contributed by atoms with Gasteiger partial charge in [-0.2, -0.15) is 18.2 Å². The molecule has 9 nitrogen and oxygen atoms in total. The Labute approximate surface area is 225 Å². The highest BCUT2D eigenvalue weighted by molar-refractivity contribution is 7.55. The predicted molar refractivity (Wildman–Crippen MR) is 144 cm³/mol. The van der Waals surface area contributed by atoms with Crippen LogP contribution in [0.15, 0.2) is 54.7 Å². The highest BCUT2D eigenvalue weighted by atomic mass is 31.2. The largest absolute Gasteiger partial charge is 0.421 e. The summed E-state index contributed by atoms with van der Waals surface area (Å²) in [7, 11) is -2.07. The molecule has 39 heavy (non-hydrogen) atoms. The van der Waals surface area contributed by atoms with E-state index in [4.69, 9.17) is 9.05 Å². The number of carbonyl (C=O) groups is 1. The third kappa shape index (κ3) is 6.76. The number of halogens is 3. The lowest BCUT2D eigenvalue weighted by atomic mass is 10.0. The molecule has 0 atom stereocenters. The maximum absolute atomic E-state index is 13.7. The zero-order chi connectivity index (χ0) is 28.8. The molecule has 3 N–H and O–H groups in total. The molecule has 13 heteroatoms. The third-order valence-electron chi connectivity index (χ3n) is 5.88. The number of hydrogen-bond acceptors (Lipinski definition) is 8. The van der Waals surface area contributed by atoms with Crippen molar-refractivity contribution in [3.8, 4) is 0 Å². The fraction of sp³-hybridized carbons (Fsp3) is 0.346. The quantitative estimate of drug-likeness (QED) is 0.217. The predicted octanol–water partition coefficient (Wildman–Crippen LogP) is 6.84. The molecule has 1 aromatic heterocycles. The van der Waals surface area contributed by atoms with Gasteiger partial charge in [0.25, 0.3) is 5.91 Å². The normalized spacial score (nSPS) is 12.2. The smallest absolute Gasteiger partial charge is 0.355 e. The van der Waals surface area contributed by atoms with Gasteiger partial charge in [0.1, 0.15) is 11.4 Å². The maximum Gasteiger partial charge on any atom is 0.421 e. The number of para-hydroxylation sites is 1. The fourth-order valence-corrected chi connectivity index (χ4v) is 5.61. The van der Waals surface area contributed by atoms with Crippen LogP contribution in [0.25, 0.3) is 0 Å². The van der Waals surface area contributed by atoms with Crippen LogP contribution in [0, 0.1) is 0 Å². The summed E-state index contributed by atoms with van der Waals surface area (Å²) in [5.74, 6) is -1.10. The molecule has 3 aromatic rings. The summed E-state index contributed by atoms with van der Waals surface area (Å²) in [5, 5.41) is 7.01. The molecule has 0 unspecified atom stereocenters. The number of carbonyl (C=O) groups excluding carboxylic acids is 1. The number of benzene rings is 2. The molecule has 210 valence electrons. The lowest BCUT2D eigenvalue weighted by molar-refractivity contribution is -0.137. The van der Waals surface area contributed by atoms with Crippen molar-refractivity contribution < 1.29 is 31.6 Å². The van der Waals surface area contributed by atoms with Crippen molar-refractivity contribution >= 4 is 36.6 Å². The van der Waals surface area contributed by atoms with Crippen LogP contribution < -0.4 is 16.0 Å². The minimum atomic E-state index is -4.74. The molecule has 1 heterocycles. The second kappa shape index (κ2) is 12.1. The first-order chi connectivity index (χ1) is 18.4. The molecule has 0 fully saturated rings. The second-order valence-corrected chi connectivity index (χ2v) is 11.4. The highest BCUT2D eigenvalue weighted by Gasteiger charge is 2.44. The topological polar surface area (TPSA) is 114 Å². The Bertz CT molecular complexity index is 1340. The molecule has 1 amide bonds. The van der Waals surface area contributed by atoms with Gasteiger partial charge in [-0.3, -0.25) is 9.36 Å². The fourth-order valence-electron chi connectivity index (χ4n) is 3.75. The Balaban J connectivity index is 1.92. The van der Waals surface area contributed by atoms with E-state index in [-0.39, 0.29) is 30.4 Å². The molecular formula is C26H31F3N5O4P. The first kappa shape index (κ1) is 30.1. The summed E-state index contributed by atoms with van der Waals surface area (Å²) in [6.45, 7) is 7.42. The van der Waals surface area contributed by atoms with Crippen LogP contribution in [-0.4, -0.2) is 36.1 Å². The number of amides is 1. The van der Waals surface area contributed by atoms with Gasteiger partial charge in [-0.15, -0.1) is 0 Å². The van der Waals surface area contributed by atoms with Crippen LogP contribution in [0.3, 0.4) is 0 Å². The van der Waals surface area contributed by atoms with Crippen molar-refractivity contribution in [3.63, 3.8) is 0 Å². The number of nitrogens with zero attached hydrogens (tertiary/aromatic N) is 2. The van der Waals surface area contributed by atoms with Gasteiger partial charge < -0.3 is 25.0 Å². The van der Waals surface area contributed by atoms with Crippen molar-refractivity contribution in [2.24, 2.45) is 0 Å². The van der Waals surface area contributed by atoms with E-state index < -0.39 is 36.2 Å². The Kier molecular flexibility index (Phi) is 9.37. The van der Waals surface area contributed by atoms with Crippen LogP contribution in [0.5, 0.6) is 0 Å². The van der Waals surface area contributed by atoms with Gasteiger partial charge in [0.2, 0.25) is 5.95 Å². The Morgan fingerprint density at radius 1 is 0.974 bits per heavy atom. The number of alkyl halides is 3.